The van der Waals surface area contributed by atoms with E-state index in [-0.39, 0.29) is 4.90 Å². The van der Waals surface area contributed by atoms with Crippen LogP contribution in [0.25, 0.3) is 0 Å². The summed E-state index contributed by atoms with van der Waals surface area (Å²) in [6.45, 7) is 0. The fourth-order valence-corrected chi connectivity index (χ4v) is 1.53. The van der Waals surface area contributed by atoms with E-state index < -0.39 is 28.8 Å². The van der Waals surface area contributed by atoms with Crippen LogP contribution < -0.4 is 0 Å². The summed E-state index contributed by atoms with van der Waals surface area (Å²) in [7, 11) is 1.01. The highest BCUT2D eigenvalue weighted by Gasteiger charge is 2.36. The second kappa shape index (κ2) is 4.67. The zero-order valence-corrected chi connectivity index (χ0v) is 9.39. The number of carbonyl (C=O) groups is 1. The van der Waals surface area contributed by atoms with Gasteiger partial charge in [-0.3, -0.25) is 0 Å². The standard InChI is InChI=1S/C10H6F3NO2S/c1-16-9(15)8-5(4-14)6(10(11,12)13)2-3-7(8)17/h2-3,17H,1H3. The Hall–Kier alpha value is -1.68. The molecule has 1 rings (SSSR count). The Morgan fingerprint density at radius 1 is 1.47 bits per heavy atom. The molecule has 0 saturated heterocycles. The molecule has 0 radical (unpaired) electrons. The van der Waals surface area contributed by atoms with Gasteiger partial charge in [0.1, 0.15) is 6.07 Å². The molecule has 0 aliphatic heterocycles. The minimum absolute atomic E-state index is 0.0404. The van der Waals surface area contributed by atoms with Crippen molar-refractivity contribution in [3.63, 3.8) is 0 Å². The fourth-order valence-electron chi connectivity index (χ4n) is 1.25. The Labute approximate surface area is 100 Å². The summed E-state index contributed by atoms with van der Waals surface area (Å²) in [5, 5.41) is 8.74. The average Bonchev–Trinajstić information content (AvgIpc) is 2.25. The molecule has 0 atom stereocenters. The number of halogens is 3. The number of hydrogen-bond donors (Lipinski definition) is 1. The number of thiol groups is 1. The van der Waals surface area contributed by atoms with Crippen molar-refractivity contribution in [1.82, 2.24) is 0 Å². The first kappa shape index (κ1) is 13.4. The first-order valence-corrected chi connectivity index (χ1v) is 4.69. The average molecular weight is 261 g/mol. The maximum atomic E-state index is 12.6. The van der Waals surface area contributed by atoms with Crippen LogP contribution in [0.2, 0.25) is 0 Å². The lowest BCUT2D eigenvalue weighted by molar-refractivity contribution is -0.137. The van der Waals surface area contributed by atoms with Gasteiger partial charge in [0.2, 0.25) is 0 Å². The van der Waals surface area contributed by atoms with E-state index in [2.05, 4.69) is 17.4 Å². The van der Waals surface area contributed by atoms with Gasteiger partial charge in [-0.15, -0.1) is 12.6 Å². The molecule has 0 saturated carbocycles. The summed E-state index contributed by atoms with van der Waals surface area (Å²) >= 11 is 3.84. The maximum absolute atomic E-state index is 12.6. The summed E-state index contributed by atoms with van der Waals surface area (Å²) in [6.07, 6.45) is -4.71. The van der Waals surface area contributed by atoms with Crippen molar-refractivity contribution in [2.45, 2.75) is 11.1 Å². The SMILES string of the molecule is COC(=O)c1c(S)ccc(C(F)(F)F)c1C#N. The van der Waals surface area contributed by atoms with Gasteiger partial charge in [-0.2, -0.15) is 18.4 Å². The number of benzene rings is 1. The topological polar surface area (TPSA) is 50.1 Å². The van der Waals surface area contributed by atoms with Crippen molar-refractivity contribution in [3.8, 4) is 6.07 Å². The van der Waals surface area contributed by atoms with E-state index in [4.69, 9.17) is 5.26 Å². The van der Waals surface area contributed by atoms with E-state index in [0.29, 0.717) is 6.07 Å². The second-order valence-corrected chi connectivity index (χ2v) is 3.47. The molecule has 0 unspecified atom stereocenters. The van der Waals surface area contributed by atoms with Crippen LogP contribution in [0, 0.1) is 11.3 Å². The van der Waals surface area contributed by atoms with Crippen molar-refractivity contribution in [3.05, 3.63) is 28.8 Å². The Balaban J connectivity index is 3.61. The van der Waals surface area contributed by atoms with Crippen LogP contribution in [-0.4, -0.2) is 13.1 Å². The quantitative estimate of drug-likeness (QED) is 0.624. The smallest absolute Gasteiger partial charge is 0.417 e. The van der Waals surface area contributed by atoms with Crippen molar-refractivity contribution in [2.75, 3.05) is 7.11 Å². The number of hydrogen-bond acceptors (Lipinski definition) is 4. The molecule has 0 aliphatic rings. The molecule has 1 aromatic carbocycles. The first-order chi connectivity index (χ1) is 7.82. The lowest BCUT2D eigenvalue weighted by Gasteiger charge is -2.12. The van der Waals surface area contributed by atoms with Gasteiger partial charge in [-0.25, -0.2) is 4.79 Å². The lowest BCUT2D eigenvalue weighted by Crippen LogP contribution is -2.13. The number of esters is 1. The minimum atomic E-state index is -4.71. The van der Waals surface area contributed by atoms with Gasteiger partial charge in [0, 0.05) is 4.90 Å². The number of nitriles is 1. The molecule has 0 aromatic heterocycles. The molecule has 0 fully saturated rings. The molecule has 0 amide bonds. The van der Waals surface area contributed by atoms with E-state index in [0.717, 1.165) is 13.2 Å². The molecule has 0 heterocycles. The molecule has 90 valence electrons. The van der Waals surface area contributed by atoms with Gasteiger partial charge in [-0.1, -0.05) is 0 Å². The van der Waals surface area contributed by atoms with Gasteiger partial charge in [0.15, 0.2) is 0 Å². The van der Waals surface area contributed by atoms with E-state index in [1.165, 1.54) is 6.07 Å². The highest BCUT2D eigenvalue weighted by molar-refractivity contribution is 7.80. The normalized spacial score (nSPS) is 10.8. The van der Waals surface area contributed by atoms with Crippen molar-refractivity contribution >= 4 is 18.6 Å². The van der Waals surface area contributed by atoms with Gasteiger partial charge < -0.3 is 4.74 Å². The van der Waals surface area contributed by atoms with Crippen LogP contribution in [0.1, 0.15) is 21.5 Å². The molecular weight excluding hydrogens is 255 g/mol. The Kier molecular flexibility index (Phi) is 3.68. The van der Waals surface area contributed by atoms with Crippen LogP contribution in [-0.2, 0) is 10.9 Å². The van der Waals surface area contributed by atoms with Crippen LogP contribution >= 0.6 is 12.6 Å². The highest BCUT2D eigenvalue weighted by atomic mass is 32.1. The van der Waals surface area contributed by atoms with Gasteiger partial charge in [-0.05, 0) is 12.1 Å². The number of ether oxygens (including phenoxy) is 1. The summed E-state index contributed by atoms with van der Waals surface area (Å²) in [5.74, 6) is -1.03. The van der Waals surface area contributed by atoms with Crippen LogP contribution in [0.3, 0.4) is 0 Å². The molecule has 0 N–H and O–H groups in total. The van der Waals surface area contributed by atoms with Crippen molar-refractivity contribution in [1.29, 1.82) is 5.26 Å². The summed E-state index contributed by atoms with van der Waals surface area (Å²) in [5.41, 5.74) is -2.44. The summed E-state index contributed by atoms with van der Waals surface area (Å²) < 4.78 is 42.1. The largest absolute Gasteiger partial charge is 0.465 e. The monoisotopic (exact) mass is 261 g/mol. The molecule has 7 heteroatoms. The molecule has 3 nitrogen and oxygen atoms in total. The molecule has 1 aromatic rings. The Morgan fingerprint density at radius 3 is 2.47 bits per heavy atom. The number of methoxy groups -OCH3 is 1. The van der Waals surface area contributed by atoms with Crippen molar-refractivity contribution < 1.29 is 22.7 Å². The Bertz CT molecular complexity index is 505. The number of nitrogens with zero attached hydrogens (tertiary/aromatic N) is 1. The minimum Gasteiger partial charge on any atom is -0.465 e. The molecule has 0 spiro atoms. The van der Waals surface area contributed by atoms with Crippen LogP contribution in [0.4, 0.5) is 13.2 Å². The predicted molar refractivity (Wildman–Crippen MR) is 54.8 cm³/mol. The first-order valence-electron chi connectivity index (χ1n) is 4.24. The number of carbonyl (C=O) groups excluding carboxylic acids is 1. The van der Waals surface area contributed by atoms with E-state index >= 15 is 0 Å². The third kappa shape index (κ3) is 2.53. The number of alkyl halides is 3. The van der Waals surface area contributed by atoms with Gasteiger partial charge in [0.05, 0.1) is 23.8 Å². The van der Waals surface area contributed by atoms with E-state index in [9.17, 15) is 18.0 Å². The molecule has 17 heavy (non-hydrogen) atoms. The molecule has 0 aliphatic carbocycles. The fraction of sp³-hybridized carbons (Fsp3) is 0.200. The lowest BCUT2D eigenvalue weighted by atomic mass is 10.0. The van der Waals surface area contributed by atoms with Gasteiger partial charge in [0.25, 0.3) is 0 Å². The van der Waals surface area contributed by atoms with E-state index in [1.54, 1.807) is 0 Å². The van der Waals surface area contributed by atoms with Crippen LogP contribution in [0.15, 0.2) is 17.0 Å². The summed E-state index contributed by atoms with van der Waals surface area (Å²) in [4.78, 5) is 11.3. The molecule has 0 bridgehead atoms. The third-order valence-corrected chi connectivity index (χ3v) is 2.36. The highest BCUT2D eigenvalue weighted by Crippen LogP contribution is 2.35. The second-order valence-electron chi connectivity index (χ2n) is 2.98. The van der Waals surface area contributed by atoms with Crippen LogP contribution in [0.5, 0.6) is 0 Å². The van der Waals surface area contributed by atoms with E-state index in [1.807, 2.05) is 0 Å². The predicted octanol–water partition coefficient (Wildman–Crippen LogP) is 2.65. The third-order valence-electron chi connectivity index (χ3n) is 1.99. The molecular formula is C10H6F3NO2S. The maximum Gasteiger partial charge on any atom is 0.417 e. The van der Waals surface area contributed by atoms with Crippen molar-refractivity contribution in [2.24, 2.45) is 0 Å². The summed E-state index contributed by atoms with van der Waals surface area (Å²) in [6, 6.07) is 3.06. The zero-order chi connectivity index (χ0) is 13.2. The zero-order valence-electron chi connectivity index (χ0n) is 8.50. The van der Waals surface area contributed by atoms with Gasteiger partial charge >= 0.3 is 12.1 Å². The number of rotatable bonds is 1. The Morgan fingerprint density at radius 2 is 2.06 bits per heavy atom.